The zero-order chi connectivity index (χ0) is 14.5. The predicted molar refractivity (Wildman–Crippen MR) is 74.3 cm³/mol. The summed E-state index contributed by atoms with van der Waals surface area (Å²) in [6.07, 6.45) is 1.73. The van der Waals surface area contributed by atoms with Crippen LogP contribution in [0.4, 0.5) is 0 Å². The number of hydrogen-bond acceptors (Lipinski definition) is 4. The highest BCUT2D eigenvalue weighted by molar-refractivity contribution is 5.95. The van der Waals surface area contributed by atoms with Crippen molar-refractivity contribution < 1.29 is 19.1 Å². The standard InChI is InChI=1S/C15H19NO4/c1-19-13-8-11(9-14(10-13)20-2)15(18)16-6-3-4-12(17)5-7-16/h8-10H,3-7H2,1-2H3. The number of amides is 1. The first-order valence-electron chi connectivity index (χ1n) is 6.68. The Hall–Kier alpha value is -2.04. The Balaban J connectivity index is 2.21. The van der Waals surface area contributed by atoms with Gasteiger partial charge in [-0.25, -0.2) is 0 Å². The highest BCUT2D eigenvalue weighted by atomic mass is 16.5. The van der Waals surface area contributed by atoms with Crippen LogP contribution in [0.5, 0.6) is 11.5 Å². The van der Waals surface area contributed by atoms with E-state index >= 15 is 0 Å². The van der Waals surface area contributed by atoms with E-state index in [9.17, 15) is 9.59 Å². The Labute approximate surface area is 118 Å². The Bertz CT molecular complexity index is 490. The molecule has 0 unspecified atom stereocenters. The number of hydrogen-bond donors (Lipinski definition) is 0. The van der Waals surface area contributed by atoms with Crippen LogP contribution >= 0.6 is 0 Å². The molecule has 2 rings (SSSR count). The average Bonchev–Trinajstić information content (AvgIpc) is 2.70. The van der Waals surface area contributed by atoms with E-state index in [0.29, 0.717) is 43.0 Å². The second-order valence-electron chi connectivity index (χ2n) is 4.79. The number of nitrogens with zero attached hydrogens (tertiary/aromatic N) is 1. The molecule has 5 heteroatoms. The first-order valence-corrected chi connectivity index (χ1v) is 6.68. The van der Waals surface area contributed by atoms with Crippen LogP contribution < -0.4 is 9.47 Å². The van der Waals surface area contributed by atoms with Crippen molar-refractivity contribution in [2.45, 2.75) is 19.3 Å². The van der Waals surface area contributed by atoms with Crippen molar-refractivity contribution in [1.82, 2.24) is 4.90 Å². The molecule has 1 aliphatic rings. The normalized spacial score (nSPS) is 15.7. The average molecular weight is 277 g/mol. The summed E-state index contributed by atoms with van der Waals surface area (Å²) in [6.45, 7) is 1.10. The van der Waals surface area contributed by atoms with Crippen molar-refractivity contribution in [2.75, 3.05) is 27.3 Å². The van der Waals surface area contributed by atoms with Crippen molar-refractivity contribution in [3.8, 4) is 11.5 Å². The van der Waals surface area contributed by atoms with Gasteiger partial charge in [-0.2, -0.15) is 0 Å². The maximum atomic E-state index is 12.5. The quantitative estimate of drug-likeness (QED) is 0.846. The minimum Gasteiger partial charge on any atom is -0.497 e. The molecule has 1 aliphatic heterocycles. The van der Waals surface area contributed by atoms with Crippen LogP contribution in [0.25, 0.3) is 0 Å². The van der Waals surface area contributed by atoms with Gasteiger partial charge in [0.1, 0.15) is 17.3 Å². The molecule has 20 heavy (non-hydrogen) atoms. The van der Waals surface area contributed by atoms with E-state index in [2.05, 4.69) is 0 Å². The zero-order valence-electron chi connectivity index (χ0n) is 11.8. The van der Waals surface area contributed by atoms with Gasteiger partial charge in [0.2, 0.25) is 0 Å². The van der Waals surface area contributed by atoms with Gasteiger partial charge >= 0.3 is 0 Å². The predicted octanol–water partition coefficient (Wildman–Crippen LogP) is 1.90. The molecule has 0 atom stereocenters. The number of benzene rings is 1. The largest absolute Gasteiger partial charge is 0.497 e. The number of carbonyl (C=O) groups excluding carboxylic acids is 2. The summed E-state index contributed by atoms with van der Waals surface area (Å²) in [7, 11) is 3.10. The summed E-state index contributed by atoms with van der Waals surface area (Å²) in [6, 6.07) is 5.11. The maximum absolute atomic E-state index is 12.5. The molecular formula is C15H19NO4. The number of ether oxygens (including phenoxy) is 2. The fourth-order valence-corrected chi connectivity index (χ4v) is 2.28. The van der Waals surface area contributed by atoms with E-state index in [0.717, 1.165) is 6.42 Å². The summed E-state index contributed by atoms with van der Waals surface area (Å²) in [4.78, 5) is 25.6. The monoisotopic (exact) mass is 277 g/mol. The lowest BCUT2D eigenvalue weighted by molar-refractivity contribution is -0.118. The van der Waals surface area contributed by atoms with Gasteiger partial charge in [0.25, 0.3) is 5.91 Å². The van der Waals surface area contributed by atoms with Crippen LogP contribution in [-0.4, -0.2) is 43.9 Å². The summed E-state index contributed by atoms with van der Waals surface area (Å²) < 4.78 is 10.3. The summed E-state index contributed by atoms with van der Waals surface area (Å²) in [5.41, 5.74) is 0.524. The third kappa shape index (κ3) is 3.29. The van der Waals surface area contributed by atoms with Gasteiger partial charge in [-0.05, 0) is 18.6 Å². The van der Waals surface area contributed by atoms with Crippen molar-refractivity contribution in [2.24, 2.45) is 0 Å². The Morgan fingerprint density at radius 2 is 1.70 bits per heavy atom. The minimum atomic E-state index is -0.0862. The van der Waals surface area contributed by atoms with Gasteiger partial charge in [0.05, 0.1) is 14.2 Å². The Morgan fingerprint density at radius 1 is 1.05 bits per heavy atom. The molecule has 1 fully saturated rings. The smallest absolute Gasteiger partial charge is 0.254 e. The van der Waals surface area contributed by atoms with Crippen LogP contribution in [0.1, 0.15) is 29.6 Å². The highest BCUT2D eigenvalue weighted by Gasteiger charge is 2.21. The molecule has 0 spiro atoms. The molecule has 1 saturated heterocycles. The minimum absolute atomic E-state index is 0.0862. The molecule has 1 heterocycles. The molecule has 108 valence electrons. The molecule has 1 amide bonds. The molecule has 0 saturated carbocycles. The number of rotatable bonds is 3. The van der Waals surface area contributed by atoms with Crippen LogP contribution in [0, 0.1) is 0 Å². The van der Waals surface area contributed by atoms with Crippen molar-refractivity contribution >= 4 is 11.7 Å². The first-order chi connectivity index (χ1) is 9.63. The number of likely N-dealkylation sites (tertiary alicyclic amines) is 1. The molecule has 0 bridgehead atoms. The van der Waals surface area contributed by atoms with Crippen molar-refractivity contribution in [3.63, 3.8) is 0 Å². The number of carbonyl (C=O) groups is 2. The number of Topliss-reactive ketones (excluding diaryl/α,β-unsaturated/α-hetero) is 1. The molecule has 0 radical (unpaired) electrons. The van der Waals surface area contributed by atoms with Gasteiger partial charge in [-0.3, -0.25) is 9.59 Å². The van der Waals surface area contributed by atoms with Gasteiger partial charge in [0, 0.05) is 37.6 Å². The Morgan fingerprint density at radius 3 is 2.30 bits per heavy atom. The first kappa shape index (κ1) is 14.4. The summed E-state index contributed by atoms with van der Waals surface area (Å²) in [5, 5.41) is 0. The fourth-order valence-electron chi connectivity index (χ4n) is 2.28. The summed E-state index contributed by atoms with van der Waals surface area (Å²) in [5.74, 6) is 1.30. The molecule has 1 aromatic carbocycles. The van der Waals surface area contributed by atoms with Crippen molar-refractivity contribution in [1.29, 1.82) is 0 Å². The van der Waals surface area contributed by atoms with E-state index in [1.54, 1.807) is 37.3 Å². The van der Waals surface area contributed by atoms with Crippen LogP contribution in [0.2, 0.25) is 0 Å². The lowest BCUT2D eigenvalue weighted by Gasteiger charge is -2.20. The molecule has 0 aliphatic carbocycles. The van der Waals surface area contributed by atoms with Crippen LogP contribution in [0.3, 0.4) is 0 Å². The van der Waals surface area contributed by atoms with Gasteiger partial charge in [-0.1, -0.05) is 0 Å². The Kier molecular flexibility index (Phi) is 4.61. The molecule has 1 aromatic rings. The van der Waals surface area contributed by atoms with Crippen molar-refractivity contribution in [3.05, 3.63) is 23.8 Å². The number of ketones is 1. The topological polar surface area (TPSA) is 55.8 Å². The third-order valence-electron chi connectivity index (χ3n) is 3.43. The molecule has 0 N–H and O–H groups in total. The lowest BCUT2D eigenvalue weighted by atomic mass is 10.1. The van der Waals surface area contributed by atoms with Gasteiger partial charge < -0.3 is 14.4 Å². The zero-order valence-corrected chi connectivity index (χ0v) is 11.8. The van der Waals surface area contributed by atoms with E-state index < -0.39 is 0 Å². The molecule has 0 aromatic heterocycles. The lowest BCUT2D eigenvalue weighted by Crippen LogP contribution is -2.32. The summed E-state index contributed by atoms with van der Waals surface area (Å²) >= 11 is 0. The van der Waals surface area contributed by atoms with E-state index in [4.69, 9.17) is 9.47 Å². The number of methoxy groups -OCH3 is 2. The second-order valence-corrected chi connectivity index (χ2v) is 4.79. The molecule has 5 nitrogen and oxygen atoms in total. The second kappa shape index (κ2) is 6.41. The fraction of sp³-hybridized carbons (Fsp3) is 0.467. The molecular weight excluding hydrogens is 258 g/mol. The third-order valence-corrected chi connectivity index (χ3v) is 3.43. The van der Waals surface area contributed by atoms with E-state index in [1.807, 2.05) is 0 Å². The van der Waals surface area contributed by atoms with E-state index in [-0.39, 0.29) is 11.7 Å². The van der Waals surface area contributed by atoms with Gasteiger partial charge in [-0.15, -0.1) is 0 Å². The van der Waals surface area contributed by atoms with Gasteiger partial charge in [0.15, 0.2) is 0 Å². The van der Waals surface area contributed by atoms with E-state index in [1.165, 1.54) is 0 Å². The maximum Gasteiger partial charge on any atom is 0.254 e. The van der Waals surface area contributed by atoms with Crippen LogP contribution in [0.15, 0.2) is 18.2 Å². The highest BCUT2D eigenvalue weighted by Crippen LogP contribution is 2.24. The van der Waals surface area contributed by atoms with Crippen LogP contribution in [-0.2, 0) is 4.79 Å². The SMILES string of the molecule is COc1cc(OC)cc(C(=O)N2CCCC(=O)CC2)c1.